The molecule has 0 aliphatic rings. The first-order valence-corrected chi connectivity index (χ1v) is 6.07. The summed E-state index contributed by atoms with van der Waals surface area (Å²) in [6.45, 7) is 2.05. The lowest BCUT2D eigenvalue weighted by atomic mass is 10.1. The Morgan fingerprint density at radius 2 is 2.05 bits per heavy atom. The minimum Gasteiger partial charge on any atom is -0.340 e. The number of nitrogens with two attached hydrogens (primary N) is 1. The molecule has 0 radical (unpaired) electrons. The van der Waals surface area contributed by atoms with Gasteiger partial charge in [0.05, 0.1) is 0 Å². The first-order chi connectivity index (χ1) is 9.24. The molecule has 0 unspecified atom stereocenters. The summed E-state index contributed by atoms with van der Waals surface area (Å²) in [5.74, 6) is 6.36. The number of nitrogen functional groups attached to an aromatic ring is 1. The van der Waals surface area contributed by atoms with Crippen LogP contribution in [0.5, 0.6) is 0 Å². The van der Waals surface area contributed by atoms with Gasteiger partial charge in [-0.15, -0.1) is 0 Å². The average molecular weight is 261 g/mol. The molecule has 0 spiro atoms. The second kappa shape index (κ2) is 6.10. The highest BCUT2D eigenvalue weighted by Gasteiger charge is 2.10. The van der Waals surface area contributed by atoms with Crippen LogP contribution in [0.25, 0.3) is 0 Å². The summed E-state index contributed by atoms with van der Waals surface area (Å²) in [7, 11) is 0. The van der Waals surface area contributed by atoms with Gasteiger partial charge in [-0.2, -0.15) is 0 Å². The van der Waals surface area contributed by atoms with Crippen LogP contribution < -0.4 is 16.6 Å². The van der Waals surface area contributed by atoms with Crippen LogP contribution in [0.3, 0.4) is 0 Å². The summed E-state index contributed by atoms with van der Waals surface area (Å²) >= 11 is 0. The molecule has 1 heterocycles. The van der Waals surface area contributed by atoms with Crippen LogP contribution in [0.4, 0.5) is 21.7 Å². The number of nitrogens with zero attached hydrogens (tertiary/aromatic N) is 2. The van der Waals surface area contributed by atoms with Gasteiger partial charge < -0.3 is 10.7 Å². The van der Waals surface area contributed by atoms with E-state index >= 15 is 0 Å². The third-order valence-corrected chi connectivity index (χ3v) is 2.67. The number of anilines is 3. The molecule has 0 bridgehead atoms. The second-order valence-electron chi connectivity index (χ2n) is 4.08. The maximum Gasteiger partial charge on any atom is 0.148 e. The van der Waals surface area contributed by atoms with Gasteiger partial charge >= 0.3 is 0 Å². The van der Waals surface area contributed by atoms with Crippen molar-refractivity contribution in [3.05, 3.63) is 42.0 Å². The standard InChI is InChI=1S/C13H16FN5/c1-2-4-11-12(16-8-17-13(11)19-15)18-10-6-3-5-9(14)7-10/h3,5-8H,2,4,15H2,1H3,(H2,16,17,18,19). The van der Waals surface area contributed by atoms with E-state index in [1.54, 1.807) is 12.1 Å². The SMILES string of the molecule is CCCc1c(NN)ncnc1Nc1cccc(F)c1. The molecule has 5 nitrogen and oxygen atoms in total. The van der Waals surface area contributed by atoms with Crippen molar-refractivity contribution in [1.82, 2.24) is 9.97 Å². The van der Waals surface area contributed by atoms with Crippen molar-refractivity contribution in [3.8, 4) is 0 Å². The second-order valence-corrected chi connectivity index (χ2v) is 4.08. The largest absolute Gasteiger partial charge is 0.340 e. The number of hydrogen-bond acceptors (Lipinski definition) is 5. The minimum atomic E-state index is -0.298. The molecular weight excluding hydrogens is 245 g/mol. The van der Waals surface area contributed by atoms with Crippen LogP contribution in [-0.2, 0) is 6.42 Å². The molecule has 0 saturated carbocycles. The van der Waals surface area contributed by atoms with Crippen molar-refractivity contribution >= 4 is 17.3 Å². The van der Waals surface area contributed by atoms with Gasteiger partial charge in [0, 0.05) is 11.3 Å². The van der Waals surface area contributed by atoms with Gasteiger partial charge in [0.2, 0.25) is 0 Å². The number of aromatic nitrogens is 2. The predicted molar refractivity (Wildman–Crippen MR) is 73.5 cm³/mol. The molecule has 1 aromatic heterocycles. The number of benzene rings is 1. The van der Waals surface area contributed by atoms with Crippen molar-refractivity contribution in [2.75, 3.05) is 10.7 Å². The molecule has 0 amide bonds. The third-order valence-electron chi connectivity index (χ3n) is 2.67. The van der Waals surface area contributed by atoms with Crippen LogP contribution >= 0.6 is 0 Å². The van der Waals surface area contributed by atoms with E-state index in [9.17, 15) is 4.39 Å². The normalized spacial score (nSPS) is 10.3. The maximum absolute atomic E-state index is 13.2. The smallest absolute Gasteiger partial charge is 0.148 e. The number of nitrogens with one attached hydrogen (secondary N) is 2. The molecule has 0 aliphatic heterocycles. The zero-order chi connectivity index (χ0) is 13.7. The van der Waals surface area contributed by atoms with Crippen molar-refractivity contribution in [1.29, 1.82) is 0 Å². The van der Waals surface area contributed by atoms with Crippen molar-refractivity contribution in [2.24, 2.45) is 5.84 Å². The highest BCUT2D eigenvalue weighted by molar-refractivity contribution is 5.64. The van der Waals surface area contributed by atoms with Crippen LogP contribution in [0.2, 0.25) is 0 Å². The topological polar surface area (TPSA) is 75.9 Å². The van der Waals surface area contributed by atoms with Crippen molar-refractivity contribution < 1.29 is 4.39 Å². The minimum absolute atomic E-state index is 0.298. The number of halogens is 1. The van der Waals surface area contributed by atoms with E-state index in [4.69, 9.17) is 5.84 Å². The van der Waals surface area contributed by atoms with E-state index in [-0.39, 0.29) is 5.82 Å². The van der Waals surface area contributed by atoms with Gasteiger partial charge in [-0.3, -0.25) is 0 Å². The Hall–Kier alpha value is -2.21. The Labute approximate surface area is 111 Å². The Balaban J connectivity index is 2.33. The van der Waals surface area contributed by atoms with E-state index < -0.39 is 0 Å². The molecule has 0 aliphatic carbocycles. The average Bonchev–Trinajstić information content (AvgIpc) is 2.41. The quantitative estimate of drug-likeness (QED) is 0.569. The molecule has 6 heteroatoms. The fraction of sp³-hybridized carbons (Fsp3) is 0.231. The lowest BCUT2D eigenvalue weighted by Gasteiger charge is -2.13. The fourth-order valence-electron chi connectivity index (χ4n) is 1.83. The summed E-state index contributed by atoms with van der Waals surface area (Å²) in [5, 5.41) is 3.09. The zero-order valence-corrected chi connectivity index (χ0v) is 10.7. The predicted octanol–water partition coefficient (Wildman–Crippen LogP) is 2.60. The monoisotopic (exact) mass is 261 g/mol. The summed E-state index contributed by atoms with van der Waals surface area (Å²) in [6, 6.07) is 6.22. The van der Waals surface area contributed by atoms with E-state index in [0.717, 1.165) is 18.4 Å². The van der Waals surface area contributed by atoms with E-state index in [2.05, 4.69) is 27.6 Å². The molecule has 2 rings (SSSR count). The third kappa shape index (κ3) is 3.17. The summed E-state index contributed by atoms with van der Waals surface area (Å²) in [6.07, 6.45) is 3.12. The van der Waals surface area contributed by atoms with E-state index in [1.165, 1.54) is 18.5 Å². The lowest BCUT2D eigenvalue weighted by molar-refractivity contribution is 0.628. The molecule has 0 atom stereocenters. The summed E-state index contributed by atoms with van der Waals surface area (Å²) in [4.78, 5) is 8.26. The van der Waals surface area contributed by atoms with Crippen LogP contribution in [0.15, 0.2) is 30.6 Å². The highest BCUT2D eigenvalue weighted by Crippen LogP contribution is 2.24. The molecule has 0 saturated heterocycles. The van der Waals surface area contributed by atoms with Gasteiger partial charge in [-0.1, -0.05) is 19.4 Å². The highest BCUT2D eigenvalue weighted by atomic mass is 19.1. The Morgan fingerprint density at radius 1 is 1.26 bits per heavy atom. The number of hydrogen-bond donors (Lipinski definition) is 3. The molecule has 0 fully saturated rings. The van der Waals surface area contributed by atoms with Crippen molar-refractivity contribution in [3.63, 3.8) is 0 Å². The van der Waals surface area contributed by atoms with Crippen LogP contribution in [0, 0.1) is 5.82 Å². The Kier molecular flexibility index (Phi) is 4.25. The molecular formula is C13H16FN5. The van der Waals surface area contributed by atoms with Gasteiger partial charge in [-0.05, 0) is 24.6 Å². The Bertz CT molecular complexity index is 558. The van der Waals surface area contributed by atoms with Gasteiger partial charge in [0.1, 0.15) is 23.8 Å². The first-order valence-electron chi connectivity index (χ1n) is 6.07. The maximum atomic E-state index is 13.2. The van der Waals surface area contributed by atoms with Crippen LogP contribution in [0.1, 0.15) is 18.9 Å². The first kappa shape index (κ1) is 13.2. The zero-order valence-electron chi connectivity index (χ0n) is 10.7. The molecule has 19 heavy (non-hydrogen) atoms. The number of rotatable bonds is 5. The van der Waals surface area contributed by atoms with Crippen molar-refractivity contribution in [2.45, 2.75) is 19.8 Å². The summed E-state index contributed by atoms with van der Waals surface area (Å²) < 4.78 is 13.2. The van der Waals surface area contributed by atoms with Gasteiger partial charge in [0.15, 0.2) is 0 Å². The van der Waals surface area contributed by atoms with E-state index in [0.29, 0.717) is 17.3 Å². The summed E-state index contributed by atoms with van der Waals surface area (Å²) in [5.41, 5.74) is 4.08. The molecule has 1 aromatic carbocycles. The Morgan fingerprint density at radius 3 is 2.74 bits per heavy atom. The molecule has 4 N–H and O–H groups in total. The van der Waals surface area contributed by atoms with Gasteiger partial charge in [-0.25, -0.2) is 20.2 Å². The lowest BCUT2D eigenvalue weighted by Crippen LogP contribution is -2.13. The number of hydrazine groups is 1. The van der Waals surface area contributed by atoms with Crippen LogP contribution in [-0.4, -0.2) is 9.97 Å². The van der Waals surface area contributed by atoms with Gasteiger partial charge in [0.25, 0.3) is 0 Å². The molecule has 2 aromatic rings. The molecule has 100 valence electrons. The fourth-order valence-corrected chi connectivity index (χ4v) is 1.83. The van der Waals surface area contributed by atoms with E-state index in [1.807, 2.05) is 0 Å².